The quantitative estimate of drug-likeness (QED) is 0.776. The van der Waals surface area contributed by atoms with Gasteiger partial charge < -0.3 is 10.5 Å². The Bertz CT molecular complexity index is 911. The first-order valence-corrected chi connectivity index (χ1v) is 9.72. The van der Waals surface area contributed by atoms with Crippen LogP contribution in [0.25, 0.3) is 0 Å². The fourth-order valence-corrected chi connectivity index (χ4v) is 4.41. The molecule has 0 bridgehead atoms. The maximum absolute atomic E-state index is 13.0. The number of anilines is 1. The molecule has 0 saturated carbocycles. The van der Waals surface area contributed by atoms with Gasteiger partial charge in [-0.05, 0) is 62.1 Å². The molecule has 6 nitrogen and oxygen atoms in total. The lowest BCUT2D eigenvalue weighted by Crippen LogP contribution is -2.18. The van der Waals surface area contributed by atoms with Crippen LogP contribution < -0.4 is 15.2 Å². The van der Waals surface area contributed by atoms with Crippen molar-refractivity contribution in [1.29, 1.82) is 0 Å². The van der Waals surface area contributed by atoms with Gasteiger partial charge in [-0.2, -0.15) is 0 Å². The fraction of sp³-hybridized carbons (Fsp3) is 0.316. The molecular formula is C19H24N2O4S. The number of carbonyl (C=O) groups excluding carboxylic acids is 1. The van der Waals surface area contributed by atoms with Crippen LogP contribution in [0.2, 0.25) is 0 Å². The van der Waals surface area contributed by atoms with Crippen LogP contribution in [-0.4, -0.2) is 20.9 Å². The van der Waals surface area contributed by atoms with E-state index in [-0.39, 0.29) is 17.9 Å². The average molecular weight is 376 g/mol. The van der Waals surface area contributed by atoms with Crippen LogP contribution in [0.4, 0.5) is 5.69 Å². The minimum Gasteiger partial charge on any atom is -0.491 e. The van der Waals surface area contributed by atoms with Crippen molar-refractivity contribution in [2.45, 2.75) is 39.0 Å². The highest BCUT2D eigenvalue weighted by Crippen LogP contribution is 2.31. The Labute approximate surface area is 154 Å². The number of sulfonamides is 1. The number of nitrogens with two attached hydrogens (primary N) is 1. The average Bonchev–Trinajstić information content (AvgIpc) is 2.54. The van der Waals surface area contributed by atoms with Crippen LogP contribution in [0.1, 0.15) is 28.7 Å². The molecule has 0 fully saturated rings. The highest BCUT2D eigenvalue weighted by atomic mass is 32.2. The van der Waals surface area contributed by atoms with Crippen molar-refractivity contribution in [1.82, 2.24) is 0 Å². The standard InChI is InChI=1S/C19H24N2O4S/c1-12-11-13(2)15(4)19(14(12)3)26(23,24)21-16-7-5-6-8-17(16)25-10-9-18(20)22/h5-8,11,21H,9-10H2,1-4H3,(H2,20,22). The molecule has 0 radical (unpaired) electrons. The summed E-state index contributed by atoms with van der Waals surface area (Å²) in [6, 6.07) is 8.67. The fourth-order valence-electron chi connectivity index (χ4n) is 2.72. The van der Waals surface area contributed by atoms with Gasteiger partial charge in [-0.15, -0.1) is 0 Å². The molecule has 0 aliphatic carbocycles. The third kappa shape index (κ3) is 4.35. The molecule has 26 heavy (non-hydrogen) atoms. The Morgan fingerprint density at radius 3 is 2.23 bits per heavy atom. The Morgan fingerprint density at radius 2 is 1.65 bits per heavy atom. The number of carbonyl (C=O) groups is 1. The van der Waals surface area contributed by atoms with Gasteiger partial charge in [-0.3, -0.25) is 9.52 Å². The van der Waals surface area contributed by atoms with E-state index in [0.29, 0.717) is 22.6 Å². The highest BCUT2D eigenvalue weighted by molar-refractivity contribution is 7.92. The second kappa shape index (κ2) is 7.78. The van der Waals surface area contributed by atoms with Gasteiger partial charge in [0.2, 0.25) is 5.91 Å². The van der Waals surface area contributed by atoms with E-state index in [0.717, 1.165) is 11.1 Å². The lowest BCUT2D eigenvalue weighted by molar-refractivity contribution is -0.118. The Balaban J connectivity index is 2.39. The number of aryl methyl sites for hydroxylation is 2. The molecule has 0 aliphatic rings. The van der Waals surface area contributed by atoms with Gasteiger partial charge in [0.25, 0.3) is 10.0 Å². The lowest BCUT2D eigenvalue weighted by Gasteiger charge is -2.18. The van der Waals surface area contributed by atoms with Gasteiger partial charge in [-0.1, -0.05) is 18.2 Å². The normalized spacial score (nSPS) is 11.2. The zero-order chi connectivity index (χ0) is 19.5. The summed E-state index contributed by atoms with van der Waals surface area (Å²) >= 11 is 0. The second-order valence-corrected chi connectivity index (χ2v) is 7.88. The molecule has 0 spiro atoms. The minimum absolute atomic E-state index is 0.0520. The summed E-state index contributed by atoms with van der Waals surface area (Å²) in [5.74, 6) is -0.137. The van der Waals surface area contributed by atoms with Crippen LogP contribution in [-0.2, 0) is 14.8 Å². The number of benzene rings is 2. The summed E-state index contributed by atoms with van der Waals surface area (Å²) in [4.78, 5) is 11.1. The monoisotopic (exact) mass is 376 g/mol. The number of primary amides is 1. The molecular weight excluding hydrogens is 352 g/mol. The van der Waals surface area contributed by atoms with E-state index >= 15 is 0 Å². The smallest absolute Gasteiger partial charge is 0.262 e. The molecule has 7 heteroatoms. The maximum Gasteiger partial charge on any atom is 0.262 e. The molecule has 2 rings (SSSR count). The van der Waals surface area contributed by atoms with Crippen LogP contribution in [0.15, 0.2) is 35.2 Å². The third-order valence-corrected chi connectivity index (χ3v) is 5.94. The molecule has 0 unspecified atom stereocenters. The van der Waals surface area contributed by atoms with Crippen molar-refractivity contribution in [2.75, 3.05) is 11.3 Å². The predicted octanol–water partition coefficient (Wildman–Crippen LogP) is 2.98. The summed E-state index contributed by atoms with van der Waals surface area (Å²) in [5.41, 5.74) is 8.68. The van der Waals surface area contributed by atoms with Gasteiger partial charge in [0.1, 0.15) is 5.75 Å². The largest absolute Gasteiger partial charge is 0.491 e. The van der Waals surface area contributed by atoms with E-state index in [4.69, 9.17) is 10.5 Å². The lowest BCUT2D eigenvalue weighted by atomic mass is 10.0. The molecule has 0 saturated heterocycles. The summed E-state index contributed by atoms with van der Waals surface area (Å²) in [7, 11) is -3.81. The highest BCUT2D eigenvalue weighted by Gasteiger charge is 2.23. The number of nitrogens with one attached hydrogen (secondary N) is 1. The summed E-state index contributed by atoms with van der Waals surface area (Å²) in [5, 5.41) is 0. The van der Waals surface area contributed by atoms with E-state index in [1.807, 2.05) is 19.9 Å². The topological polar surface area (TPSA) is 98.5 Å². The van der Waals surface area contributed by atoms with Crippen molar-refractivity contribution in [3.8, 4) is 5.75 Å². The van der Waals surface area contributed by atoms with Gasteiger partial charge in [-0.25, -0.2) is 8.42 Å². The van der Waals surface area contributed by atoms with Crippen molar-refractivity contribution in [2.24, 2.45) is 5.73 Å². The first kappa shape index (κ1) is 19.8. The number of amides is 1. The zero-order valence-electron chi connectivity index (χ0n) is 15.4. The summed E-state index contributed by atoms with van der Waals surface area (Å²) < 4.78 is 34.2. The molecule has 3 N–H and O–H groups in total. The molecule has 0 aliphatic heterocycles. The maximum atomic E-state index is 13.0. The van der Waals surface area contributed by atoms with Gasteiger partial charge in [0.05, 0.1) is 23.6 Å². The molecule has 0 heterocycles. The summed E-state index contributed by atoms with van der Waals surface area (Å²) in [6.07, 6.45) is 0.0520. The summed E-state index contributed by atoms with van der Waals surface area (Å²) in [6.45, 7) is 7.45. The minimum atomic E-state index is -3.81. The van der Waals surface area contributed by atoms with E-state index in [1.165, 1.54) is 0 Å². The molecule has 0 aromatic heterocycles. The van der Waals surface area contributed by atoms with Crippen LogP contribution in [0, 0.1) is 27.7 Å². The van der Waals surface area contributed by atoms with Crippen molar-refractivity contribution < 1.29 is 17.9 Å². The zero-order valence-corrected chi connectivity index (χ0v) is 16.2. The molecule has 1 amide bonds. The first-order chi connectivity index (χ1) is 12.1. The van der Waals surface area contributed by atoms with Crippen LogP contribution in [0.5, 0.6) is 5.75 Å². The van der Waals surface area contributed by atoms with E-state index in [2.05, 4.69) is 4.72 Å². The van der Waals surface area contributed by atoms with E-state index in [1.54, 1.807) is 38.1 Å². The molecule has 2 aromatic rings. The number of hydrogen-bond donors (Lipinski definition) is 2. The van der Waals surface area contributed by atoms with Crippen molar-refractivity contribution >= 4 is 21.6 Å². The Kier molecular flexibility index (Phi) is 5.92. The van der Waals surface area contributed by atoms with Gasteiger partial charge in [0.15, 0.2) is 0 Å². The van der Waals surface area contributed by atoms with E-state index in [9.17, 15) is 13.2 Å². The van der Waals surface area contributed by atoms with Crippen LogP contribution in [0.3, 0.4) is 0 Å². The number of ether oxygens (including phenoxy) is 1. The Hall–Kier alpha value is -2.54. The number of hydrogen-bond acceptors (Lipinski definition) is 4. The number of para-hydroxylation sites is 2. The SMILES string of the molecule is Cc1cc(C)c(C)c(S(=O)(=O)Nc2ccccc2OCCC(N)=O)c1C. The number of rotatable bonds is 7. The Morgan fingerprint density at radius 1 is 1.08 bits per heavy atom. The predicted molar refractivity (Wildman–Crippen MR) is 102 cm³/mol. The van der Waals surface area contributed by atoms with Gasteiger partial charge in [0, 0.05) is 0 Å². The second-order valence-electron chi connectivity index (χ2n) is 6.26. The molecule has 2 aromatic carbocycles. The molecule has 140 valence electrons. The van der Waals surface area contributed by atoms with Crippen LogP contribution >= 0.6 is 0 Å². The van der Waals surface area contributed by atoms with Gasteiger partial charge >= 0.3 is 0 Å². The first-order valence-electron chi connectivity index (χ1n) is 8.24. The van der Waals surface area contributed by atoms with Crippen molar-refractivity contribution in [3.05, 3.63) is 52.6 Å². The van der Waals surface area contributed by atoms with Crippen molar-refractivity contribution in [3.63, 3.8) is 0 Å². The third-order valence-electron chi connectivity index (χ3n) is 4.30. The molecule has 0 atom stereocenters. The van der Waals surface area contributed by atoms with E-state index < -0.39 is 15.9 Å².